The minimum Gasteiger partial charge on any atom is -0.481 e. The van der Waals surface area contributed by atoms with Crippen molar-refractivity contribution >= 4 is 22.8 Å². The summed E-state index contributed by atoms with van der Waals surface area (Å²) in [4.78, 5) is 29.6. The number of carboxylic acids is 1. The van der Waals surface area contributed by atoms with E-state index in [1.807, 2.05) is 37.3 Å². The molecule has 2 aromatic rings. The zero-order valence-electron chi connectivity index (χ0n) is 11.7. The molecule has 0 bridgehead atoms. The smallest absolute Gasteiger partial charge is 0.308 e. The van der Waals surface area contributed by atoms with Gasteiger partial charge in [-0.2, -0.15) is 0 Å². The van der Waals surface area contributed by atoms with Crippen LogP contribution in [0.4, 0.5) is 0 Å². The molecule has 1 fully saturated rings. The van der Waals surface area contributed by atoms with E-state index in [0.29, 0.717) is 12.2 Å². The third-order valence-corrected chi connectivity index (χ3v) is 4.03. The number of carbonyl (C=O) groups is 2. The Hall–Kier alpha value is -2.43. The van der Waals surface area contributed by atoms with Crippen molar-refractivity contribution in [2.24, 2.45) is 11.8 Å². The molecule has 5 nitrogen and oxygen atoms in total. The summed E-state index contributed by atoms with van der Waals surface area (Å²) in [5, 5.41) is 10.1. The van der Waals surface area contributed by atoms with E-state index in [9.17, 15) is 9.59 Å². The average Bonchev–Trinajstić information content (AvgIpc) is 2.88. The SMILES string of the molecule is C[C@@H]1CN(C(=O)c2ccc3ccccc3n2)C[C@H]1C(=O)O. The highest BCUT2D eigenvalue weighted by molar-refractivity contribution is 5.95. The van der Waals surface area contributed by atoms with Gasteiger partial charge in [-0.3, -0.25) is 9.59 Å². The summed E-state index contributed by atoms with van der Waals surface area (Å²) < 4.78 is 0. The van der Waals surface area contributed by atoms with Gasteiger partial charge in [0, 0.05) is 18.5 Å². The number of likely N-dealkylation sites (tertiary alicyclic amines) is 1. The van der Waals surface area contributed by atoms with Crippen molar-refractivity contribution in [1.82, 2.24) is 9.88 Å². The molecule has 2 atom stereocenters. The first-order chi connectivity index (χ1) is 10.1. The minimum absolute atomic E-state index is 0.0353. The summed E-state index contributed by atoms with van der Waals surface area (Å²) in [5.41, 5.74) is 1.14. The maximum atomic E-state index is 12.5. The van der Waals surface area contributed by atoms with Crippen LogP contribution in [0.3, 0.4) is 0 Å². The van der Waals surface area contributed by atoms with Gasteiger partial charge in [0.15, 0.2) is 0 Å². The molecule has 0 saturated carbocycles. The van der Waals surface area contributed by atoms with Crippen molar-refractivity contribution in [3.63, 3.8) is 0 Å². The standard InChI is InChI=1S/C16H16N2O3/c1-10-8-18(9-12(10)16(20)21)15(19)14-7-6-11-4-2-3-5-13(11)17-14/h2-7,10,12H,8-9H2,1H3,(H,20,21)/t10-,12-/m1/s1. The maximum Gasteiger partial charge on any atom is 0.308 e. The van der Waals surface area contributed by atoms with Crippen LogP contribution in [0, 0.1) is 11.8 Å². The minimum atomic E-state index is -0.843. The lowest BCUT2D eigenvalue weighted by Crippen LogP contribution is -2.30. The molecule has 0 spiro atoms. The molecule has 108 valence electrons. The number of para-hydroxylation sites is 1. The van der Waals surface area contributed by atoms with E-state index in [1.165, 1.54) is 0 Å². The van der Waals surface area contributed by atoms with Gasteiger partial charge >= 0.3 is 5.97 Å². The van der Waals surface area contributed by atoms with Crippen molar-refractivity contribution in [3.8, 4) is 0 Å². The number of fused-ring (bicyclic) bond motifs is 1. The predicted molar refractivity (Wildman–Crippen MR) is 77.9 cm³/mol. The number of aliphatic carboxylic acids is 1. The third-order valence-electron chi connectivity index (χ3n) is 4.03. The largest absolute Gasteiger partial charge is 0.481 e. The highest BCUT2D eigenvalue weighted by Gasteiger charge is 2.37. The summed E-state index contributed by atoms with van der Waals surface area (Å²) in [6.45, 7) is 2.58. The molecule has 1 amide bonds. The number of carboxylic acid groups (broad SMARTS) is 1. The van der Waals surface area contributed by atoms with E-state index in [1.54, 1.807) is 11.0 Å². The number of amides is 1. The van der Waals surface area contributed by atoms with Gasteiger partial charge in [-0.1, -0.05) is 31.2 Å². The first-order valence-corrected chi connectivity index (χ1v) is 6.94. The van der Waals surface area contributed by atoms with Crippen LogP contribution >= 0.6 is 0 Å². The van der Waals surface area contributed by atoms with E-state index >= 15 is 0 Å². The molecule has 0 unspecified atom stereocenters. The molecule has 1 aliphatic heterocycles. The highest BCUT2D eigenvalue weighted by atomic mass is 16.4. The topological polar surface area (TPSA) is 70.5 Å². The quantitative estimate of drug-likeness (QED) is 0.916. The molecule has 5 heteroatoms. The lowest BCUT2D eigenvalue weighted by Gasteiger charge is -2.15. The summed E-state index contributed by atoms with van der Waals surface area (Å²) in [5.74, 6) is -1.57. The Balaban J connectivity index is 1.86. The number of rotatable bonds is 2. The number of benzene rings is 1. The van der Waals surface area contributed by atoms with Gasteiger partial charge in [0.2, 0.25) is 0 Å². The summed E-state index contributed by atoms with van der Waals surface area (Å²) in [7, 11) is 0. The van der Waals surface area contributed by atoms with E-state index in [-0.39, 0.29) is 18.4 Å². The Bertz CT molecular complexity index is 713. The predicted octanol–water partition coefficient (Wildman–Crippen LogP) is 2.03. The van der Waals surface area contributed by atoms with Gasteiger partial charge < -0.3 is 10.0 Å². The van der Waals surface area contributed by atoms with E-state index < -0.39 is 11.9 Å². The molecule has 1 N–H and O–H groups in total. The van der Waals surface area contributed by atoms with Crippen molar-refractivity contribution in [2.75, 3.05) is 13.1 Å². The maximum absolute atomic E-state index is 12.5. The van der Waals surface area contributed by atoms with Crippen LogP contribution in [-0.2, 0) is 4.79 Å². The van der Waals surface area contributed by atoms with E-state index in [2.05, 4.69) is 4.98 Å². The number of aromatic nitrogens is 1. The zero-order chi connectivity index (χ0) is 15.0. The number of nitrogens with zero attached hydrogens (tertiary/aromatic N) is 2. The first-order valence-electron chi connectivity index (χ1n) is 6.94. The van der Waals surface area contributed by atoms with Crippen molar-refractivity contribution in [3.05, 3.63) is 42.1 Å². The Labute approximate surface area is 122 Å². The Morgan fingerprint density at radius 2 is 1.95 bits per heavy atom. The molecule has 21 heavy (non-hydrogen) atoms. The Morgan fingerprint density at radius 1 is 1.19 bits per heavy atom. The van der Waals surface area contributed by atoms with Crippen molar-refractivity contribution < 1.29 is 14.7 Å². The molecule has 1 aliphatic rings. The molecule has 0 aliphatic carbocycles. The van der Waals surface area contributed by atoms with Gasteiger partial charge in [-0.05, 0) is 18.1 Å². The third kappa shape index (κ3) is 2.46. The lowest BCUT2D eigenvalue weighted by molar-refractivity contribution is -0.142. The van der Waals surface area contributed by atoms with Gasteiger partial charge in [0.25, 0.3) is 5.91 Å². The molecule has 1 aromatic heterocycles. The first kappa shape index (κ1) is 13.5. The molecule has 0 radical (unpaired) electrons. The van der Waals surface area contributed by atoms with Crippen molar-refractivity contribution in [1.29, 1.82) is 0 Å². The summed E-state index contributed by atoms with van der Waals surface area (Å²) in [6.07, 6.45) is 0. The van der Waals surface area contributed by atoms with Gasteiger partial charge in [0.05, 0.1) is 11.4 Å². The van der Waals surface area contributed by atoms with Crippen LogP contribution in [-0.4, -0.2) is 40.0 Å². The highest BCUT2D eigenvalue weighted by Crippen LogP contribution is 2.24. The second-order valence-electron chi connectivity index (χ2n) is 5.52. The lowest BCUT2D eigenvalue weighted by atomic mass is 9.99. The van der Waals surface area contributed by atoms with Crippen LogP contribution in [0.15, 0.2) is 36.4 Å². The Morgan fingerprint density at radius 3 is 2.67 bits per heavy atom. The van der Waals surface area contributed by atoms with Gasteiger partial charge in [-0.15, -0.1) is 0 Å². The summed E-state index contributed by atoms with van der Waals surface area (Å²) >= 11 is 0. The Kier molecular flexibility index (Phi) is 3.33. The molecule has 2 heterocycles. The van der Waals surface area contributed by atoms with Crippen LogP contribution in [0.1, 0.15) is 17.4 Å². The van der Waals surface area contributed by atoms with E-state index in [0.717, 1.165) is 10.9 Å². The second-order valence-corrected chi connectivity index (χ2v) is 5.52. The monoisotopic (exact) mass is 284 g/mol. The number of pyridine rings is 1. The summed E-state index contributed by atoms with van der Waals surface area (Å²) in [6, 6.07) is 11.2. The molecular formula is C16H16N2O3. The molecule has 1 aromatic carbocycles. The molecule has 1 saturated heterocycles. The molecule has 3 rings (SSSR count). The van der Waals surface area contributed by atoms with Crippen LogP contribution in [0.25, 0.3) is 10.9 Å². The number of hydrogen-bond donors (Lipinski definition) is 1. The van der Waals surface area contributed by atoms with E-state index in [4.69, 9.17) is 5.11 Å². The van der Waals surface area contributed by atoms with Crippen LogP contribution < -0.4 is 0 Å². The average molecular weight is 284 g/mol. The van der Waals surface area contributed by atoms with Gasteiger partial charge in [-0.25, -0.2) is 4.98 Å². The van der Waals surface area contributed by atoms with Crippen molar-refractivity contribution in [2.45, 2.75) is 6.92 Å². The second kappa shape index (κ2) is 5.16. The fourth-order valence-electron chi connectivity index (χ4n) is 2.80. The molecular weight excluding hydrogens is 268 g/mol. The van der Waals surface area contributed by atoms with Gasteiger partial charge in [0.1, 0.15) is 5.69 Å². The fourth-order valence-corrected chi connectivity index (χ4v) is 2.80. The van der Waals surface area contributed by atoms with Crippen LogP contribution in [0.2, 0.25) is 0 Å². The normalized spacial score (nSPS) is 21.7. The zero-order valence-corrected chi connectivity index (χ0v) is 11.7. The fraction of sp³-hybridized carbons (Fsp3) is 0.312. The van der Waals surface area contributed by atoms with Crippen LogP contribution in [0.5, 0.6) is 0 Å². The number of hydrogen-bond acceptors (Lipinski definition) is 3. The number of carbonyl (C=O) groups excluding carboxylic acids is 1.